The van der Waals surface area contributed by atoms with Crippen LogP contribution in [0.3, 0.4) is 0 Å². The summed E-state index contributed by atoms with van der Waals surface area (Å²) in [5.41, 5.74) is 2.13. The number of sulfone groups is 1. The second kappa shape index (κ2) is 4.55. The van der Waals surface area contributed by atoms with Crippen molar-refractivity contribution in [1.29, 1.82) is 0 Å². The molecule has 0 bridgehead atoms. The molecule has 2 rings (SSSR count). The first-order valence-corrected chi connectivity index (χ1v) is 7.25. The van der Waals surface area contributed by atoms with Crippen molar-refractivity contribution >= 4 is 9.84 Å². The fourth-order valence-electron chi connectivity index (χ4n) is 1.79. The first kappa shape index (κ1) is 12.8. The Kier molecular flexibility index (Phi) is 3.23. The van der Waals surface area contributed by atoms with E-state index in [1.54, 1.807) is 42.2 Å². The Morgan fingerprint density at radius 2 is 2.11 bits per heavy atom. The largest absolute Gasteiger partial charge is 0.390 e. The van der Waals surface area contributed by atoms with Gasteiger partial charge in [-0.3, -0.25) is 4.68 Å². The molecule has 0 amide bonds. The summed E-state index contributed by atoms with van der Waals surface area (Å²) in [6.45, 7) is -0.144. The van der Waals surface area contributed by atoms with Gasteiger partial charge in [-0.2, -0.15) is 5.10 Å². The van der Waals surface area contributed by atoms with E-state index in [0.717, 1.165) is 11.1 Å². The molecule has 0 fully saturated rings. The molecule has 0 saturated carbocycles. The molecule has 6 heteroatoms. The van der Waals surface area contributed by atoms with Gasteiger partial charge in [0.2, 0.25) is 0 Å². The predicted molar refractivity (Wildman–Crippen MR) is 67.7 cm³/mol. The minimum atomic E-state index is -3.24. The summed E-state index contributed by atoms with van der Waals surface area (Å²) in [6, 6.07) is 6.62. The molecule has 96 valence electrons. The number of benzene rings is 1. The number of rotatable bonds is 3. The molecule has 0 spiro atoms. The minimum Gasteiger partial charge on any atom is -0.390 e. The normalized spacial score (nSPS) is 11.7. The summed E-state index contributed by atoms with van der Waals surface area (Å²) in [7, 11) is -1.50. The van der Waals surface area contributed by atoms with Crippen molar-refractivity contribution in [2.24, 2.45) is 7.05 Å². The van der Waals surface area contributed by atoms with Crippen molar-refractivity contribution in [3.63, 3.8) is 0 Å². The average Bonchev–Trinajstić information content (AvgIpc) is 2.69. The SMILES string of the molecule is Cn1ncc(-c2cccc(S(C)(=O)=O)c2)c1CO. The highest BCUT2D eigenvalue weighted by Gasteiger charge is 2.12. The predicted octanol–water partition coefficient (Wildman–Crippen LogP) is 0.983. The van der Waals surface area contributed by atoms with E-state index in [2.05, 4.69) is 5.10 Å². The van der Waals surface area contributed by atoms with E-state index in [9.17, 15) is 13.5 Å². The number of aromatic nitrogens is 2. The standard InChI is InChI=1S/C12H14N2O3S/c1-14-12(8-15)11(7-13-14)9-4-3-5-10(6-9)18(2,16)17/h3-7,15H,8H2,1-2H3. The third-order valence-corrected chi connectivity index (χ3v) is 3.89. The molecule has 1 heterocycles. The third-order valence-electron chi connectivity index (χ3n) is 2.78. The van der Waals surface area contributed by atoms with Gasteiger partial charge >= 0.3 is 0 Å². The summed E-state index contributed by atoms with van der Waals surface area (Å²) in [4.78, 5) is 0.257. The Balaban J connectivity index is 2.58. The first-order chi connectivity index (χ1) is 8.43. The van der Waals surface area contributed by atoms with Gasteiger partial charge in [-0.25, -0.2) is 8.42 Å². The molecule has 0 aliphatic carbocycles. The molecular weight excluding hydrogens is 252 g/mol. The highest BCUT2D eigenvalue weighted by Crippen LogP contribution is 2.25. The lowest BCUT2D eigenvalue weighted by Crippen LogP contribution is -1.99. The smallest absolute Gasteiger partial charge is 0.175 e. The van der Waals surface area contributed by atoms with Gasteiger partial charge in [0.15, 0.2) is 9.84 Å². The number of hydrogen-bond donors (Lipinski definition) is 1. The van der Waals surface area contributed by atoms with Crippen molar-refractivity contribution in [2.45, 2.75) is 11.5 Å². The van der Waals surface area contributed by atoms with E-state index in [1.807, 2.05) is 0 Å². The van der Waals surface area contributed by atoms with Gasteiger partial charge < -0.3 is 5.11 Å². The van der Waals surface area contributed by atoms with Crippen molar-refractivity contribution < 1.29 is 13.5 Å². The van der Waals surface area contributed by atoms with Crippen LogP contribution in [-0.4, -0.2) is 29.6 Å². The molecule has 0 radical (unpaired) electrons. The minimum absolute atomic E-state index is 0.144. The zero-order valence-corrected chi connectivity index (χ0v) is 11.0. The Bertz CT molecular complexity index is 674. The van der Waals surface area contributed by atoms with Crippen LogP contribution in [0.15, 0.2) is 35.4 Å². The van der Waals surface area contributed by atoms with Gasteiger partial charge in [-0.1, -0.05) is 12.1 Å². The van der Waals surface area contributed by atoms with E-state index in [1.165, 1.54) is 6.26 Å². The van der Waals surface area contributed by atoms with Crippen LogP contribution in [0.4, 0.5) is 0 Å². The van der Waals surface area contributed by atoms with Crippen LogP contribution < -0.4 is 0 Å². The average molecular weight is 266 g/mol. The molecule has 0 unspecified atom stereocenters. The van der Waals surface area contributed by atoms with Crippen molar-refractivity contribution in [3.8, 4) is 11.1 Å². The number of aliphatic hydroxyl groups excluding tert-OH is 1. The zero-order valence-electron chi connectivity index (χ0n) is 10.2. The van der Waals surface area contributed by atoms with E-state index in [4.69, 9.17) is 0 Å². The van der Waals surface area contributed by atoms with Crippen LogP contribution in [0, 0.1) is 0 Å². The maximum atomic E-state index is 11.5. The van der Waals surface area contributed by atoms with Gasteiger partial charge in [0.25, 0.3) is 0 Å². The van der Waals surface area contributed by atoms with Crippen LogP contribution in [0.5, 0.6) is 0 Å². The van der Waals surface area contributed by atoms with Crippen molar-refractivity contribution in [1.82, 2.24) is 9.78 Å². The summed E-state index contributed by atoms with van der Waals surface area (Å²) in [6.07, 6.45) is 2.79. The molecule has 1 N–H and O–H groups in total. The zero-order chi connectivity index (χ0) is 13.3. The van der Waals surface area contributed by atoms with Crippen LogP contribution >= 0.6 is 0 Å². The summed E-state index contributed by atoms with van der Waals surface area (Å²) in [5, 5.41) is 13.4. The molecule has 5 nitrogen and oxygen atoms in total. The summed E-state index contributed by atoms with van der Waals surface area (Å²) >= 11 is 0. The van der Waals surface area contributed by atoms with E-state index >= 15 is 0 Å². The quantitative estimate of drug-likeness (QED) is 0.899. The van der Waals surface area contributed by atoms with Gasteiger partial charge in [-0.05, 0) is 17.7 Å². The monoisotopic (exact) mass is 266 g/mol. The number of hydrogen-bond acceptors (Lipinski definition) is 4. The highest BCUT2D eigenvalue weighted by molar-refractivity contribution is 7.90. The van der Waals surface area contributed by atoms with E-state index in [0.29, 0.717) is 5.69 Å². The lowest BCUT2D eigenvalue weighted by Gasteiger charge is -2.05. The van der Waals surface area contributed by atoms with Gasteiger partial charge in [0.1, 0.15) is 0 Å². The molecule has 0 aliphatic rings. The molecule has 1 aromatic heterocycles. The number of aliphatic hydroxyl groups is 1. The Hall–Kier alpha value is -1.66. The first-order valence-electron chi connectivity index (χ1n) is 5.35. The molecule has 18 heavy (non-hydrogen) atoms. The summed E-state index contributed by atoms with van der Waals surface area (Å²) < 4.78 is 24.6. The van der Waals surface area contributed by atoms with Gasteiger partial charge in [-0.15, -0.1) is 0 Å². The number of aryl methyl sites for hydroxylation is 1. The van der Waals surface area contributed by atoms with Crippen LogP contribution in [0.1, 0.15) is 5.69 Å². The number of nitrogens with zero attached hydrogens (tertiary/aromatic N) is 2. The molecule has 0 aliphatic heterocycles. The maximum absolute atomic E-state index is 11.5. The molecule has 1 aromatic carbocycles. The second-order valence-electron chi connectivity index (χ2n) is 4.09. The van der Waals surface area contributed by atoms with Crippen LogP contribution in [0.2, 0.25) is 0 Å². The van der Waals surface area contributed by atoms with Crippen molar-refractivity contribution in [3.05, 3.63) is 36.2 Å². The fraction of sp³-hybridized carbons (Fsp3) is 0.250. The Morgan fingerprint density at radius 1 is 1.39 bits per heavy atom. The third kappa shape index (κ3) is 2.30. The van der Waals surface area contributed by atoms with Crippen LogP contribution in [-0.2, 0) is 23.5 Å². The Morgan fingerprint density at radius 3 is 2.72 bits per heavy atom. The fourth-order valence-corrected chi connectivity index (χ4v) is 2.45. The van der Waals surface area contributed by atoms with Gasteiger partial charge in [0, 0.05) is 18.9 Å². The van der Waals surface area contributed by atoms with E-state index < -0.39 is 9.84 Å². The lowest BCUT2D eigenvalue weighted by atomic mass is 10.1. The second-order valence-corrected chi connectivity index (χ2v) is 6.10. The lowest BCUT2D eigenvalue weighted by molar-refractivity contribution is 0.271. The van der Waals surface area contributed by atoms with Crippen LogP contribution in [0.25, 0.3) is 11.1 Å². The Labute approximate surface area is 106 Å². The maximum Gasteiger partial charge on any atom is 0.175 e. The topological polar surface area (TPSA) is 72.2 Å². The van der Waals surface area contributed by atoms with Crippen molar-refractivity contribution in [2.75, 3.05) is 6.26 Å². The molecule has 0 saturated heterocycles. The molecule has 0 atom stereocenters. The summed E-state index contributed by atoms with van der Waals surface area (Å²) in [5.74, 6) is 0. The van der Waals surface area contributed by atoms with Gasteiger partial charge in [0.05, 0.1) is 23.4 Å². The highest BCUT2D eigenvalue weighted by atomic mass is 32.2. The molecular formula is C12H14N2O3S. The van der Waals surface area contributed by atoms with E-state index in [-0.39, 0.29) is 11.5 Å². The molecule has 2 aromatic rings.